The standard InChI is InChI=1S/C15H24N2O2/c1-13(14-6-4-3-5-7-14)12-16-9-8-15(18)17-10-11-19-2/h3-7,13,16H,8-12H2,1-2H3,(H,17,18). The maximum absolute atomic E-state index is 11.4. The summed E-state index contributed by atoms with van der Waals surface area (Å²) >= 11 is 0. The van der Waals surface area contributed by atoms with Gasteiger partial charge in [-0.05, 0) is 11.5 Å². The van der Waals surface area contributed by atoms with Crippen molar-refractivity contribution in [3.8, 4) is 0 Å². The van der Waals surface area contributed by atoms with Gasteiger partial charge in [-0.1, -0.05) is 37.3 Å². The van der Waals surface area contributed by atoms with Crippen LogP contribution in [0.15, 0.2) is 30.3 Å². The van der Waals surface area contributed by atoms with Crippen molar-refractivity contribution >= 4 is 5.91 Å². The highest BCUT2D eigenvalue weighted by Crippen LogP contribution is 2.12. The maximum atomic E-state index is 11.4. The molecule has 106 valence electrons. The fourth-order valence-electron chi connectivity index (χ4n) is 1.80. The van der Waals surface area contributed by atoms with E-state index in [-0.39, 0.29) is 5.91 Å². The Kier molecular flexibility index (Phi) is 7.86. The van der Waals surface area contributed by atoms with Crippen molar-refractivity contribution in [2.24, 2.45) is 0 Å². The number of hydrogen-bond donors (Lipinski definition) is 2. The lowest BCUT2D eigenvalue weighted by molar-refractivity contribution is -0.121. The Labute approximate surface area is 115 Å². The number of benzene rings is 1. The van der Waals surface area contributed by atoms with Crippen molar-refractivity contribution in [1.29, 1.82) is 0 Å². The molecule has 4 heteroatoms. The van der Waals surface area contributed by atoms with E-state index in [1.54, 1.807) is 7.11 Å². The van der Waals surface area contributed by atoms with Crippen LogP contribution in [-0.4, -0.2) is 39.3 Å². The Morgan fingerprint density at radius 2 is 2.00 bits per heavy atom. The van der Waals surface area contributed by atoms with Crippen LogP contribution in [0.1, 0.15) is 24.8 Å². The first kappa shape index (κ1) is 15.7. The van der Waals surface area contributed by atoms with Gasteiger partial charge in [-0.3, -0.25) is 4.79 Å². The number of ether oxygens (including phenoxy) is 1. The Bertz CT molecular complexity index is 354. The number of amides is 1. The van der Waals surface area contributed by atoms with Gasteiger partial charge in [0, 0.05) is 33.2 Å². The lowest BCUT2D eigenvalue weighted by Gasteiger charge is -2.12. The predicted molar refractivity (Wildman–Crippen MR) is 77.2 cm³/mol. The summed E-state index contributed by atoms with van der Waals surface area (Å²) in [6.45, 7) is 4.91. The molecular weight excluding hydrogens is 240 g/mol. The molecule has 0 spiro atoms. The third-order valence-corrected chi connectivity index (χ3v) is 2.98. The van der Waals surface area contributed by atoms with Crippen LogP contribution in [0.25, 0.3) is 0 Å². The molecule has 0 aliphatic rings. The topological polar surface area (TPSA) is 50.4 Å². The fraction of sp³-hybridized carbons (Fsp3) is 0.533. The van der Waals surface area contributed by atoms with E-state index in [4.69, 9.17) is 4.74 Å². The van der Waals surface area contributed by atoms with E-state index in [1.165, 1.54) is 5.56 Å². The second kappa shape index (κ2) is 9.53. The fourth-order valence-corrected chi connectivity index (χ4v) is 1.80. The van der Waals surface area contributed by atoms with E-state index in [1.807, 2.05) is 6.07 Å². The summed E-state index contributed by atoms with van der Waals surface area (Å²) < 4.78 is 4.87. The largest absolute Gasteiger partial charge is 0.383 e. The summed E-state index contributed by atoms with van der Waals surface area (Å²) in [5.74, 6) is 0.523. The molecule has 0 saturated carbocycles. The number of methoxy groups -OCH3 is 1. The van der Waals surface area contributed by atoms with E-state index < -0.39 is 0 Å². The van der Waals surface area contributed by atoms with E-state index in [0.717, 1.165) is 6.54 Å². The average Bonchev–Trinajstić information content (AvgIpc) is 2.44. The molecule has 1 unspecified atom stereocenters. The Balaban J connectivity index is 2.09. The van der Waals surface area contributed by atoms with Gasteiger partial charge in [-0.15, -0.1) is 0 Å². The molecule has 1 atom stereocenters. The lowest BCUT2D eigenvalue weighted by atomic mass is 10.0. The van der Waals surface area contributed by atoms with Gasteiger partial charge in [-0.2, -0.15) is 0 Å². The molecule has 1 aromatic carbocycles. The first-order valence-electron chi connectivity index (χ1n) is 6.75. The highest BCUT2D eigenvalue weighted by atomic mass is 16.5. The van der Waals surface area contributed by atoms with Gasteiger partial charge in [0.2, 0.25) is 5.91 Å². The van der Waals surface area contributed by atoms with Crippen molar-refractivity contribution in [2.45, 2.75) is 19.3 Å². The highest BCUT2D eigenvalue weighted by molar-refractivity contribution is 5.76. The molecule has 0 bridgehead atoms. The third kappa shape index (κ3) is 6.94. The number of carbonyl (C=O) groups excluding carboxylic acids is 1. The Hall–Kier alpha value is -1.39. The van der Waals surface area contributed by atoms with Gasteiger partial charge in [-0.25, -0.2) is 0 Å². The second-order valence-electron chi connectivity index (χ2n) is 4.61. The molecule has 0 heterocycles. The van der Waals surface area contributed by atoms with E-state index in [2.05, 4.69) is 41.8 Å². The van der Waals surface area contributed by atoms with Crippen molar-refractivity contribution in [3.63, 3.8) is 0 Å². The molecule has 1 rings (SSSR count). The zero-order valence-corrected chi connectivity index (χ0v) is 11.8. The van der Waals surface area contributed by atoms with Gasteiger partial charge >= 0.3 is 0 Å². The van der Waals surface area contributed by atoms with Crippen LogP contribution in [-0.2, 0) is 9.53 Å². The summed E-state index contributed by atoms with van der Waals surface area (Å²) in [5, 5.41) is 6.11. The lowest BCUT2D eigenvalue weighted by Crippen LogP contribution is -2.31. The summed E-state index contributed by atoms with van der Waals surface area (Å²) in [5.41, 5.74) is 1.32. The summed E-state index contributed by atoms with van der Waals surface area (Å²) in [6, 6.07) is 10.4. The normalized spacial score (nSPS) is 12.1. The van der Waals surface area contributed by atoms with E-state index in [0.29, 0.717) is 32.0 Å². The monoisotopic (exact) mass is 264 g/mol. The molecule has 0 aromatic heterocycles. The first-order chi connectivity index (χ1) is 9.24. The molecule has 1 aromatic rings. The number of nitrogens with one attached hydrogen (secondary N) is 2. The van der Waals surface area contributed by atoms with Crippen molar-refractivity contribution in [1.82, 2.24) is 10.6 Å². The molecule has 4 nitrogen and oxygen atoms in total. The minimum Gasteiger partial charge on any atom is -0.383 e. The molecule has 2 N–H and O–H groups in total. The summed E-state index contributed by atoms with van der Waals surface area (Å²) in [7, 11) is 1.62. The first-order valence-corrected chi connectivity index (χ1v) is 6.75. The van der Waals surface area contributed by atoms with Crippen LogP contribution in [0.4, 0.5) is 0 Å². The van der Waals surface area contributed by atoms with Crippen molar-refractivity contribution in [2.75, 3.05) is 33.4 Å². The molecule has 0 aliphatic heterocycles. The van der Waals surface area contributed by atoms with E-state index >= 15 is 0 Å². The highest BCUT2D eigenvalue weighted by Gasteiger charge is 2.05. The van der Waals surface area contributed by atoms with Crippen LogP contribution in [0.2, 0.25) is 0 Å². The summed E-state index contributed by atoms with van der Waals surface area (Å²) in [4.78, 5) is 11.4. The molecule has 19 heavy (non-hydrogen) atoms. The van der Waals surface area contributed by atoms with Crippen LogP contribution >= 0.6 is 0 Å². The van der Waals surface area contributed by atoms with Crippen molar-refractivity contribution in [3.05, 3.63) is 35.9 Å². The average molecular weight is 264 g/mol. The molecular formula is C15H24N2O2. The maximum Gasteiger partial charge on any atom is 0.221 e. The smallest absolute Gasteiger partial charge is 0.221 e. The third-order valence-electron chi connectivity index (χ3n) is 2.98. The van der Waals surface area contributed by atoms with Gasteiger partial charge in [0.15, 0.2) is 0 Å². The number of rotatable bonds is 9. The van der Waals surface area contributed by atoms with Crippen LogP contribution in [0.3, 0.4) is 0 Å². The zero-order chi connectivity index (χ0) is 13.9. The minimum absolute atomic E-state index is 0.0666. The minimum atomic E-state index is 0.0666. The Morgan fingerprint density at radius 3 is 2.68 bits per heavy atom. The second-order valence-corrected chi connectivity index (χ2v) is 4.61. The van der Waals surface area contributed by atoms with E-state index in [9.17, 15) is 4.79 Å². The molecule has 0 aliphatic carbocycles. The quantitative estimate of drug-likeness (QED) is 0.665. The van der Waals surface area contributed by atoms with Gasteiger partial charge < -0.3 is 15.4 Å². The molecule has 0 radical (unpaired) electrons. The SMILES string of the molecule is COCCNC(=O)CCNCC(C)c1ccccc1. The van der Waals surface area contributed by atoms with Crippen molar-refractivity contribution < 1.29 is 9.53 Å². The molecule has 1 amide bonds. The van der Waals surface area contributed by atoms with Crippen LogP contribution in [0.5, 0.6) is 0 Å². The van der Waals surface area contributed by atoms with Crippen LogP contribution in [0, 0.1) is 0 Å². The predicted octanol–water partition coefficient (Wildman–Crippen LogP) is 1.53. The number of carbonyl (C=O) groups is 1. The van der Waals surface area contributed by atoms with Gasteiger partial charge in [0.25, 0.3) is 0 Å². The Morgan fingerprint density at radius 1 is 1.26 bits per heavy atom. The van der Waals surface area contributed by atoms with Gasteiger partial charge in [0.1, 0.15) is 0 Å². The summed E-state index contributed by atoms with van der Waals surface area (Å²) in [6.07, 6.45) is 0.505. The zero-order valence-electron chi connectivity index (χ0n) is 11.8. The van der Waals surface area contributed by atoms with Crippen LogP contribution < -0.4 is 10.6 Å². The number of hydrogen-bond acceptors (Lipinski definition) is 3. The molecule has 0 saturated heterocycles. The molecule has 0 fully saturated rings. The van der Waals surface area contributed by atoms with Gasteiger partial charge in [0.05, 0.1) is 6.61 Å².